The zero-order valence-corrected chi connectivity index (χ0v) is 16.7. The van der Waals surface area contributed by atoms with E-state index in [2.05, 4.69) is 46.1 Å². The minimum absolute atomic E-state index is 0.166. The van der Waals surface area contributed by atoms with E-state index < -0.39 is 0 Å². The Labute approximate surface area is 168 Å². The molecule has 0 aliphatic carbocycles. The number of carbonyl (C=O) groups excluding carboxylic acids is 1. The van der Waals surface area contributed by atoms with Crippen LogP contribution in [-0.4, -0.2) is 26.4 Å². The second kappa shape index (κ2) is 9.50. The SMILES string of the molecule is CC(C)Cn1c(Cc2ccccc2)nnc1SCC(=O)Nc1ccc(F)cc1. The molecule has 28 heavy (non-hydrogen) atoms. The number of anilines is 1. The number of hydrogen-bond acceptors (Lipinski definition) is 4. The number of carbonyl (C=O) groups is 1. The normalized spacial score (nSPS) is 11.0. The van der Waals surface area contributed by atoms with Gasteiger partial charge in [-0.2, -0.15) is 0 Å². The van der Waals surface area contributed by atoms with Crippen LogP contribution in [0.5, 0.6) is 0 Å². The fourth-order valence-corrected chi connectivity index (χ4v) is 3.51. The highest BCUT2D eigenvalue weighted by atomic mass is 32.2. The molecule has 3 rings (SSSR count). The van der Waals surface area contributed by atoms with Gasteiger partial charge in [0, 0.05) is 18.7 Å². The minimum Gasteiger partial charge on any atom is -0.325 e. The van der Waals surface area contributed by atoms with Crippen LogP contribution in [0.4, 0.5) is 10.1 Å². The molecule has 0 saturated heterocycles. The van der Waals surface area contributed by atoms with Crippen LogP contribution < -0.4 is 5.32 Å². The van der Waals surface area contributed by atoms with Crippen molar-refractivity contribution in [2.24, 2.45) is 5.92 Å². The highest BCUT2D eigenvalue weighted by Crippen LogP contribution is 2.21. The topological polar surface area (TPSA) is 59.8 Å². The van der Waals surface area contributed by atoms with Gasteiger partial charge in [-0.1, -0.05) is 55.9 Å². The number of amides is 1. The molecule has 1 amide bonds. The van der Waals surface area contributed by atoms with Crippen LogP contribution in [0.1, 0.15) is 25.2 Å². The maximum absolute atomic E-state index is 13.0. The van der Waals surface area contributed by atoms with Gasteiger partial charge in [0.15, 0.2) is 5.16 Å². The average molecular weight is 399 g/mol. The number of halogens is 1. The fraction of sp³-hybridized carbons (Fsp3) is 0.286. The molecule has 7 heteroatoms. The number of rotatable bonds is 8. The molecule has 1 heterocycles. The molecule has 0 atom stereocenters. The van der Waals surface area contributed by atoms with Gasteiger partial charge in [0.05, 0.1) is 5.75 Å². The second-order valence-electron chi connectivity index (χ2n) is 6.91. The van der Waals surface area contributed by atoms with E-state index in [-0.39, 0.29) is 17.5 Å². The number of aromatic nitrogens is 3. The molecule has 0 fully saturated rings. The summed E-state index contributed by atoms with van der Waals surface area (Å²) in [6.45, 7) is 5.07. The minimum atomic E-state index is -0.333. The lowest BCUT2D eigenvalue weighted by Gasteiger charge is -2.12. The monoisotopic (exact) mass is 398 g/mol. The first-order valence-corrected chi connectivity index (χ1v) is 10.1. The number of nitrogens with one attached hydrogen (secondary N) is 1. The van der Waals surface area contributed by atoms with Crippen molar-refractivity contribution in [3.05, 3.63) is 71.8 Å². The maximum Gasteiger partial charge on any atom is 0.234 e. The Hall–Kier alpha value is -2.67. The second-order valence-corrected chi connectivity index (χ2v) is 7.85. The molecule has 0 bridgehead atoms. The average Bonchev–Trinajstić information content (AvgIpc) is 3.03. The van der Waals surface area contributed by atoms with Gasteiger partial charge in [-0.3, -0.25) is 4.79 Å². The van der Waals surface area contributed by atoms with Crippen molar-refractivity contribution in [1.29, 1.82) is 0 Å². The molecular weight excluding hydrogens is 375 g/mol. The first kappa shape index (κ1) is 20.1. The van der Waals surface area contributed by atoms with Gasteiger partial charge >= 0.3 is 0 Å². The standard InChI is InChI=1S/C21H23FN4OS/c1-15(2)13-26-19(12-16-6-4-3-5-7-16)24-25-21(26)28-14-20(27)23-18-10-8-17(22)9-11-18/h3-11,15H,12-14H2,1-2H3,(H,23,27). The van der Waals surface area contributed by atoms with Gasteiger partial charge in [0.25, 0.3) is 0 Å². The summed E-state index contributed by atoms with van der Waals surface area (Å²) in [4.78, 5) is 12.2. The first-order valence-electron chi connectivity index (χ1n) is 9.15. The Morgan fingerprint density at radius 3 is 2.50 bits per heavy atom. The zero-order chi connectivity index (χ0) is 19.9. The molecule has 1 aromatic heterocycles. The third kappa shape index (κ3) is 5.66. The molecule has 0 aliphatic heterocycles. The molecule has 2 aromatic carbocycles. The lowest BCUT2D eigenvalue weighted by Crippen LogP contribution is -2.15. The van der Waals surface area contributed by atoms with Crippen molar-refractivity contribution in [3.63, 3.8) is 0 Å². The van der Waals surface area contributed by atoms with E-state index in [1.165, 1.54) is 41.6 Å². The number of benzene rings is 2. The summed E-state index contributed by atoms with van der Waals surface area (Å²) in [6, 6.07) is 15.9. The molecule has 1 N–H and O–H groups in total. The van der Waals surface area contributed by atoms with Crippen LogP contribution in [0.2, 0.25) is 0 Å². The van der Waals surface area contributed by atoms with Crippen molar-refractivity contribution in [2.45, 2.75) is 32.0 Å². The van der Waals surface area contributed by atoms with Crippen LogP contribution in [0.25, 0.3) is 0 Å². The Kier molecular flexibility index (Phi) is 6.81. The van der Waals surface area contributed by atoms with Gasteiger partial charge in [0.1, 0.15) is 11.6 Å². The third-order valence-electron chi connectivity index (χ3n) is 4.01. The van der Waals surface area contributed by atoms with Crippen LogP contribution in [0, 0.1) is 11.7 Å². The van der Waals surface area contributed by atoms with Crippen molar-refractivity contribution in [1.82, 2.24) is 14.8 Å². The first-order chi connectivity index (χ1) is 13.5. The lowest BCUT2D eigenvalue weighted by atomic mass is 10.1. The molecule has 0 unspecified atom stereocenters. The Balaban J connectivity index is 1.66. The van der Waals surface area contributed by atoms with Crippen LogP contribution >= 0.6 is 11.8 Å². The van der Waals surface area contributed by atoms with E-state index >= 15 is 0 Å². The smallest absolute Gasteiger partial charge is 0.234 e. The van der Waals surface area contributed by atoms with Crippen molar-refractivity contribution < 1.29 is 9.18 Å². The van der Waals surface area contributed by atoms with Crippen LogP contribution in [-0.2, 0) is 17.8 Å². The molecule has 0 saturated carbocycles. The van der Waals surface area contributed by atoms with E-state index in [1.54, 1.807) is 0 Å². The van der Waals surface area contributed by atoms with E-state index in [0.29, 0.717) is 18.0 Å². The molecule has 0 aliphatic rings. The maximum atomic E-state index is 13.0. The number of nitrogens with zero attached hydrogens (tertiary/aromatic N) is 3. The Morgan fingerprint density at radius 1 is 1.11 bits per heavy atom. The zero-order valence-electron chi connectivity index (χ0n) is 15.9. The summed E-state index contributed by atoms with van der Waals surface area (Å²) in [7, 11) is 0. The predicted octanol–water partition coefficient (Wildman–Crippen LogP) is 4.39. The van der Waals surface area contributed by atoms with Crippen LogP contribution in [0.3, 0.4) is 0 Å². The largest absolute Gasteiger partial charge is 0.325 e. The van der Waals surface area contributed by atoms with E-state index in [4.69, 9.17) is 0 Å². The van der Waals surface area contributed by atoms with E-state index in [9.17, 15) is 9.18 Å². The van der Waals surface area contributed by atoms with E-state index in [1.807, 2.05) is 18.2 Å². The highest BCUT2D eigenvalue weighted by Gasteiger charge is 2.15. The van der Waals surface area contributed by atoms with Crippen molar-refractivity contribution in [2.75, 3.05) is 11.1 Å². The number of hydrogen-bond donors (Lipinski definition) is 1. The molecule has 0 spiro atoms. The summed E-state index contributed by atoms with van der Waals surface area (Å²) in [5, 5.41) is 12.2. The summed E-state index contributed by atoms with van der Waals surface area (Å²) < 4.78 is 15.1. The van der Waals surface area contributed by atoms with Crippen LogP contribution in [0.15, 0.2) is 59.8 Å². The fourth-order valence-electron chi connectivity index (χ4n) is 2.74. The van der Waals surface area contributed by atoms with E-state index in [0.717, 1.165) is 17.5 Å². The van der Waals surface area contributed by atoms with Crippen molar-refractivity contribution in [3.8, 4) is 0 Å². The summed E-state index contributed by atoms with van der Waals surface area (Å²) >= 11 is 1.35. The van der Waals surface area contributed by atoms with Gasteiger partial charge in [-0.25, -0.2) is 4.39 Å². The van der Waals surface area contributed by atoms with Gasteiger partial charge in [0.2, 0.25) is 5.91 Å². The summed E-state index contributed by atoms with van der Waals surface area (Å²) in [5.41, 5.74) is 1.74. The van der Waals surface area contributed by atoms with Gasteiger partial charge in [-0.05, 0) is 35.7 Å². The lowest BCUT2D eigenvalue weighted by molar-refractivity contribution is -0.113. The van der Waals surface area contributed by atoms with Crippen molar-refractivity contribution >= 4 is 23.4 Å². The van der Waals surface area contributed by atoms with Gasteiger partial charge in [-0.15, -0.1) is 10.2 Å². The molecule has 146 valence electrons. The molecular formula is C21H23FN4OS. The Morgan fingerprint density at radius 2 is 1.82 bits per heavy atom. The quantitative estimate of drug-likeness (QED) is 0.572. The molecule has 5 nitrogen and oxygen atoms in total. The third-order valence-corrected chi connectivity index (χ3v) is 4.97. The number of thioether (sulfide) groups is 1. The Bertz CT molecular complexity index is 910. The molecule has 3 aromatic rings. The summed E-state index contributed by atoms with van der Waals surface area (Å²) in [5.74, 6) is 1.03. The predicted molar refractivity (Wildman–Crippen MR) is 110 cm³/mol. The summed E-state index contributed by atoms with van der Waals surface area (Å²) in [6.07, 6.45) is 0.697. The van der Waals surface area contributed by atoms with Gasteiger partial charge < -0.3 is 9.88 Å². The molecule has 0 radical (unpaired) electrons. The highest BCUT2D eigenvalue weighted by molar-refractivity contribution is 7.99.